The summed E-state index contributed by atoms with van der Waals surface area (Å²) in [6, 6.07) is 0. The van der Waals surface area contributed by atoms with Crippen LogP contribution >= 0.6 is 0 Å². The van der Waals surface area contributed by atoms with Gasteiger partial charge in [0.05, 0.1) is 6.61 Å². The van der Waals surface area contributed by atoms with Gasteiger partial charge >= 0.3 is 24.8 Å². The van der Waals surface area contributed by atoms with Crippen molar-refractivity contribution in [3.63, 3.8) is 0 Å². The molecule has 0 aliphatic rings. The van der Waals surface area contributed by atoms with Crippen molar-refractivity contribution in [1.29, 1.82) is 0 Å². The Bertz CT molecular complexity index is 171. The quantitative estimate of drug-likeness (QED) is 0.253. The van der Waals surface area contributed by atoms with E-state index in [-0.39, 0.29) is 44.9 Å². The van der Waals surface area contributed by atoms with Crippen molar-refractivity contribution in [2.45, 2.75) is 25.7 Å². The zero-order chi connectivity index (χ0) is 10.1. The van der Waals surface area contributed by atoms with Crippen LogP contribution < -0.4 is 24.0 Å². The van der Waals surface area contributed by atoms with Crippen LogP contribution in [0.3, 0.4) is 0 Å². The Balaban J connectivity index is 0. The number of carbonyl (C=O) groups excluding carboxylic acids is 2. The number of aliphatic carboxylic acids is 1. The zero-order valence-corrected chi connectivity index (χ0v) is 8.32. The number of aliphatic hydroxyl groups excluding tert-OH is 1. The molecule has 0 aliphatic heterocycles. The summed E-state index contributed by atoms with van der Waals surface area (Å²) in [7, 11) is 0. The molecular formula is C8H13LiO5. The molecule has 14 heavy (non-hydrogen) atoms. The van der Waals surface area contributed by atoms with Gasteiger partial charge in [0, 0.05) is 12.4 Å². The molecule has 0 unspecified atom stereocenters. The van der Waals surface area contributed by atoms with Crippen molar-refractivity contribution in [3.8, 4) is 0 Å². The molecular weight excluding hydrogens is 183 g/mol. The Morgan fingerprint density at radius 2 is 1.79 bits per heavy atom. The van der Waals surface area contributed by atoms with E-state index in [0.29, 0.717) is 12.8 Å². The SMILES string of the molecule is O=C([O-])CCCCC(=O)OCCO.[Li+]. The Kier molecular flexibility index (Phi) is 12.0. The molecule has 0 amide bonds. The molecule has 0 aromatic rings. The topological polar surface area (TPSA) is 86.7 Å². The summed E-state index contributed by atoms with van der Waals surface area (Å²) in [5.74, 6) is -1.52. The average Bonchev–Trinajstić information content (AvgIpc) is 2.08. The summed E-state index contributed by atoms with van der Waals surface area (Å²) >= 11 is 0. The molecule has 0 radical (unpaired) electrons. The normalized spacial score (nSPS) is 8.93. The molecule has 0 aliphatic carbocycles. The third kappa shape index (κ3) is 11.5. The second kappa shape index (κ2) is 10.6. The summed E-state index contributed by atoms with van der Waals surface area (Å²) in [5.41, 5.74) is 0. The molecule has 5 nitrogen and oxygen atoms in total. The number of ether oxygens (including phenoxy) is 1. The van der Waals surface area contributed by atoms with Crippen LogP contribution in [0.1, 0.15) is 25.7 Å². The minimum absolute atomic E-state index is 0. The number of rotatable bonds is 7. The maximum absolute atomic E-state index is 10.8. The van der Waals surface area contributed by atoms with E-state index in [1.54, 1.807) is 0 Å². The molecule has 0 aromatic heterocycles. The number of aliphatic hydroxyl groups is 1. The van der Waals surface area contributed by atoms with E-state index in [1.807, 2.05) is 0 Å². The molecule has 6 heteroatoms. The van der Waals surface area contributed by atoms with E-state index in [2.05, 4.69) is 4.74 Å². The molecule has 0 saturated carbocycles. The van der Waals surface area contributed by atoms with Gasteiger partial charge in [-0.3, -0.25) is 4.79 Å². The van der Waals surface area contributed by atoms with Crippen LogP contribution in [0.5, 0.6) is 0 Å². The second-order valence-corrected chi connectivity index (χ2v) is 2.52. The molecule has 0 aromatic carbocycles. The summed E-state index contributed by atoms with van der Waals surface area (Å²) in [6.45, 7) is -0.190. The van der Waals surface area contributed by atoms with Crippen LogP contribution in [0.25, 0.3) is 0 Å². The molecule has 0 saturated heterocycles. The number of carbonyl (C=O) groups is 2. The Morgan fingerprint density at radius 3 is 2.29 bits per heavy atom. The van der Waals surface area contributed by atoms with Crippen molar-refractivity contribution >= 4 is 11.9 Å². The summed E-state index contributed by atoms with van der Waals surface area (Å²) in [4.78, 5) is 20.7. The largest absolute Gasteiger partial charge is 1.00 e. The van der Waals surface area contributed by atoms with E-state index in [0.717, 1.165) is 0 Å². The van der Waals surface area contributed by atoms with Crippen molar-refractivity contribution in [2.75, 3.05) is 13.2 Å². The minimum atomic E-state index is -1.11. The number of unbranched alkanes of at least 4 members (excludes halogenated alkanes) is 1. The van der Waals surface area contributed by atoms with Crippen LogP contribution in [0, 0.1) is 0 Å². The van der Waals surface area contributed by atoms with Crippen molar-refractivity contribution in [1.82, 2.24) is 0 Å². The molecule has 0 spiro atoms. The number of carboxylic acids is 1. The fourth-order valence-corrected chi connectivity index (χ4v) is 0.770. The smallest absolute Gasteiger partial charge is 0.550 e. The van der Waals surface area contributed by atoms with Crippen molar-refractivity contribution < 1.29 is 43.4 Å². The van der Waals surface area contributed by atoms with E-state index in [1.165, 1.54) is 0 Å². The van der Waals surface area contributed by atoms with Gasteiger partial charge in [-0.1, -0.05) is 0 Å². The zero-order valence-electron chi connectivity index (χ0n) is 8.32. The maximum Gasteiger partial charge on any atom is 1.00 e. The van der Waals surface area contributed by atoms with Gasteiger partial charge in [0.25, 0.3) is 0 Å². The van der Waals surface area contributed by atoms with Crippen LogP contribution in [0.15, 0.2) is 0 Å². The first-order valence-corrected chi connectivity index (χ1v) is 4.13. The molecule has 0 bridgehead atoms. The van der Waals surface area contributed by atoms with Gasteiger partial charge in [0.15, 0.2) is 0 Å². The first kappa shape index (κ1) is 15.9. The summed E-state index contributed by atoms with van der Waals surface area (Å²) in [5, 5.41) is 18.3. The molecule has 0 rings (SSSR count). The molecule has 0 atom stereocenters. The monoisotopic (exact) mass is 196 g/mol. The number of hydrogen-bond donors (Lipinski definition) is 1. The average molecular weight is 196 g/mol. The Morgan fingerprint density at radius 1 is 1.21 bits per heavy atom. The number of carboxylic acid groups (broad SMARTS) is 1. The van der Waals surface area contributed by atoms with E-state index < -0.39 is 11.9 Å². The fraction of sp³-hybridized carbons (Fsp3) is 0.750. The Labute approximate surface area is 94.6 Å². The van der Waals surface area contributed by atoms with E-state index in [4.69, 9.17) is 5.11 Å². The van der Waals surface area contributed by atoms with E-state index >= 15 is 0 Å². The predicted octanol–water partition coefficient (Wildman–Crippen LogP) is -4.16. The van der Waals surface area contributed by atoms with Crippen molar-refractivity contribution in [3.05, 3.63) is 0 Å². The number of esters is 1. The third-order valence-electron chi connectivity index (χ3n) is 1.37. The van der Waals surface area contributed by atoms with Gasteiger partial charge in [-0.05, 0) is 19.3 Å². The predicted molar refractivity (Wildman–Crippen MR) is 41.5 cm³/mol. The summed E-state index contributed by atoms with van der Waals surface area (Å²) in [6.07, 6.45) is 1.04. The standard InChI is InChI=1S/C8H14O5.Li/c9-5-6-13-8(12)4-2-1-3-7(10)11;/h9H,1-6H2,(H,10,11);/q;+1/p-1. The van der Waals surface area contributed by atoms with Crippen LogP contribution in [0.2, 0.25) is 0 Å². The summed E-state index contributed by atoms with van der Waals surface area (Å²) < 4.78 is 4.55. The first-order valence-electron chi connectivity index (χ1n) is 4.13. The molecule has 0 heterocycles. The van der Waals surface area contributed by atoms with Gasteiger partial charge in [-0.25, -0.2) is 0 Å². The van der Waals surface area contributed by atoms with Gasteiger partial charge in [-0.15, -0.1) is 0 Å². The van der Waals surface area contributed by atoms with Gasteiger partial charge in [0.2, 0.25) is 0 Å². The van der Waals surface area contributed by atoms with Gasteiger partial charge < -0.3 is 19.7 Å². The third-order valence-corrected chi connectivity index (χ3v) is 1.37. The van der Waals surface area contributed by atoms with Crippen LogP contribution in [-0.4, -0.2) is 30.3 Å². The minimum Gasteiger partial charge on any atom is -0.550 e. The van der Waals surface area contributed by atoms with Gasteiger partial charge in [-0.2, -0.15) is 0 Å². The fourth-order valence-electron chi connectivity index (χ4n) is 0.770. The molecule has 76 valence electrons. The maximum atomic E-state index is 10.8. The van der Waals surface area contributed by atoms with Crippen molar-refractivity contribution in [2.24, 2.45) is 0 Å². The van der Waals surface area contributed by atoms with E-state index in [9.17, 15) is 14.7 Å². The van der Waals surface area contributed by atoms with Crippen LogP contribution in [0.4, 0.5) is 0 Å². The Hall–Kier alpha value is -0.503. The second-order valence-electron chi connectivity index (χ2n) is 2.52. The van der Waals surface area contributed by atoms with Gasteiger partial charge in [0.1, 0.15) is 6.61 Å². The number of hydrogen-bond acceptors (Lipinski definition) is 5. The first-order chi connectivity index (χ1) is 6.16. The molecule has 1 N–H and O–H groups in total. The molecule has 0 fully saturated rings. The van der Waals surface area contributed by atoms with Crippen LogP contribution in [-0.2, 0) is 14.3 Å².